The molecule has 116 valence electrons. The van der Waals surface area contributed by atoms with E-state index in [2.05, 4.69) is 41.5 Å². The molecule has 0 radical (unpaired) electrons. The third kappa shape index (κ3) is 2.04. The Morgan fingerprint density at radius 1 is 0.750 bits per heavy atom. The fourth-order valence-electron chi connectivity index (χ4n) is 4.75. The largest absolute Gasteiger partial charge is 0.398 e. The maximum atomic E-state index is 7.01. The van der Waals surface area contributed by atoms with Crippen LogP contribution in [0.2, 0.25) is 0 Å². The molecule has 1 aliphatic rings. The Hall–Kier alpha value is -0.760. The Morgan fingerprint density at radius 3 is 1.55 bits per heavy atom. The fourth-order valence-corrected chi connectivity index (χ4v) is 4.75. The zero-order valence-corrected chi connectivity index (χ0v) is 14.4. The minimum absolute atomic E-state index is 0.0794. The first-order valence-corrected chi connectivity index (χ1v) is 8.44. The quantitative estimate of drug-likeness (QED) is 0.743. The van der Waals surface area contributed by atoms with Crippen molar-refractivity contribution >= 4 is 0 Å². The van der Waals surface area contributed by atoms with Gasteiger partial charge in [0.15, 0.2) is 0 Å². The molecule has 0 aliphatic heterocycles. The molecule has 2 heteroatoms. The van der Waals surface area contributed by atoms with Crippen LogP contribution in [-0.2, 0) is 0 Å². The van der Waals surface area contributed by atoms with Crippen LogP contribution in [0.15, 0.2) is 22.4 Å². The number of allylic oxidation sites excluding steroid dienone is 1. The van der Waals surface area contributed by atoms with Crippen LogP contribution in [-0.4, -0.2) is 5.54 Å². The molecule has 1 atom stereocenters. The molecule has 0 aromatic heterocycles. The summed E-state index contributed by atoms with van der Waals surface area (Å²) in [6, 6.07) is 0. The van der Waals surface area contributed by atoms with Crippen molar-refractivity contribution in [1.29, 1.82) is 0 Å². The summed E-state index contributed by atoms with van der Waals surface area (Å²) >= 11 is 0. The SMILES string of the molecule is CCC1=C(CC)C(CC)(CC)C(N)(CC)C(CC)=C1N. The molecular weight excluding hydrogens is 244 g/mol. The van der Waals surface area contributed by atoms with Crippen molar-refractivity contribution in [3.05, 3.63) is 22.4 Å². The number of rotatable bonds is 6. The molecule has 0 aromatic rings. The van der Waals surface area contributed by atoms with Gasteiger partial charge in [0.25, 0.3) is 0 Å². The van der Waals surface area contributed by atoms with E-state index in [0.717, 1.165) is 44.2 Å². The van der Waals surface area contributed by atoms with Crippen LogP contribution >= 0.6 is 0 Å². The second-order valence-corrected chi connectivity index (χ2v) is 6.02. The van der Waals surface area contributed by atoms with E-state index in [1.807, 2.05) is 0 Å². The van der Waals surface area contributed by atoms with Crippen molar-refractivity contribution in [3.63, 3.8) is 0 Å². The van der Waals surface area contributed by atoms with Crippen molar-refractivity contribution in [2.75, 3.05) is 0 Å². The van der Waals surface area contributed by atoms with Gasteiger partial charge in [-0.1, -0.05) is 47.1 Å². The Kier molecular flexibility index (Phi) is 5.48. The van der Waals surface area contributed by atoms with Crippen LogP contribution < -0.4 is 11.5 Å². The average molecular weight is 278 g/mol. The highest BCUT2D eigenvalue weighted by atomic mass is 14.8. The summed E-state index contributed by atoms with van der Waals surface area (Å²) in [5, 5.41) is 0. The summed E-state index contributed by atoms with van der Waals surface area (Å²) in [4.78, 5) is 0. The van der Waals surface area contributed by atoms with Crippen molar-refractivity contribution < 1.29 is 0 Å². The lowest BCUT2D eigenvalue weighted by Crippen LogP contribution is -2.59. The van der Waals surface area contributed by atoms with E-state index >= 15 is 0 Å². The lowest BCUT2D eigenvalue weighted by molar-refractivity contribution is 0.159. The maximum absolute atomic E-state index is 7.01. The van der Waals surface area contributed by atoms with Crippen molar-refractivity contribution in [2.24, 2.45) is 16.9 Å². The highest BCUT2D eigenvalue weighted by molar-refractivity contribution is 5.51. The van der Waals surface area contributed by atoms with E-state index in [9.17, 15) is 0 Å². The van der Waals surface area contributed by atoms with Crippen LogP contribution in [0.25, 0.3) is 0 Å². The molecule has 2 nitrogen and oxygen atoms in total. The number of hydrogen-bond donors (Lipinski definition) is 2. The van der Waals surface area contributed by atoms with Crippen molar-refractivity contribution in [1.82, 2.24) is 0 Å². The van der Waals surface area contributed by atoms with E-state index in [1.54, 1.807) is 0 Å². The van der Waals surface area contributed by atoms with E-state index in [4.69, 9.17) is 11.5 Å². The van der Waals surface area contributed by atoms with Crippen LogP contribution in [0.3, 0.4) is 0 Å². The first kappa shape index (κ1) is 17.3. The van der Waals surface area contributed by atoms with Crippen LogP contribution in [0.5, 0.6) is 0 Å². The molecule has 1 unspecified atom stereocenters. The van der Waals surface area contributed by atoms with E-state index < -0.39 is 0 Å². The van der Waals surface area contributed by atoms with Crippen molar-refractivity contribution in [3.8, 4) is 0 Å². The molecule has 4 N–H and O–H groups in total. The third-order valence-electron chi connectivity index (χ3n) is 5.81. The van der Waals surface area contributed by atoms with Crippen LogP contribution in [0.4, 0.5) is 0 Å². The van der Waals surface area contributed by atoms with Gasteiger partial charge in [0.05, 0.1) is 0 Å². The molecule has 0 saturated heterocycles. The van der Waals surface area contributed by atoms with Gasteiger partial charge in [0.2, 0.25) is 0 Å². The van der Waals surface area contributed by atoms with Crippen LogP contribution in [0, 0.1) is 5.41 Å². The first-order chi connectivity index (χ1) is 9.43. The summed E-state index contributed by atoms with van der Waals surface area (Å²) in [5.74, 6) is 0. The second-order valence-electron chi connectivity index (χ2n) is 6.02. The summed E-state index contributed by atoms with van der Waals surface area (Å²) in [7, 11) is 0. The maximum Gasteiger partial charge on any atom is 0.0484 e. The summed E-state index contributed by atoms with van der Waals surface area (Å²) in [6.45, 7) is 13.5. The topological polar surface area (TPSA) is 52.0 Å². The molecule has 1 rings (SSSR count). The fraction of sp³-hybridized carbons (Fsp3) is 0.778. The smallest absolute Gasteiger partial charge is 0.0484 e. The summed E-state index contributed by atoms with van der Waals surface area (Å²) in [5.41, 5.74) is 18.5. The molecule has 0 spiro atoms. The standard InChI is InChI=1S/C18H34N2/c1-7-13-14(8-2)17(10-4,11-5)18(20,12-6)15(9-3)16(13)19/h7-12,19-20H2,1-6H3. The second kappa shape index (κ2) is 6.34. The highest BCUT2D eigenvalue weighted by Crippen LogP contribution is 2.55. The lowest BCUT2D eigenvalue weighted by atomic mass is 9.53. The normalized spacial score (nSPS) is 26.4. The van der Waals surface area contributed by atoms with Gasteiger partial charge < -0.3 is 11.5 Å². The van der Waals surface area contributed by atoms with Gasteiger partial charge in [-0.05, 0) is 49.7 Å². The van der Waals surface area contributed by atoms with E-state index in [1.165, 1.54) is 16.7 Å². The molecular formula is C18H34N2. The van der Waals surface area contributed by atoms with Gasteiger partial charge in [0.1, 0.15) is 0 Å². The minimum atomic E-state index is -0.278. The third-order valence-corrected chi connectivity index (χ3v) is 5.81. The molecule has 0 fully saturated rings. The summed E-state index contributed by atoms with van der Waals surface area (Å²) in [6.07, 6.45) is 6.17. The zero-order chi connectivity index (χ0) is 15.6. The molecule has 0 aromatic carbocycles. The molecule has 0 saturated carbocycles. The number of nitrogens with two attached hydrogens (primary N) is 2. The number of hydrogen-bond acceptors (Lipinski definition) is 2. The monoisotopic (exact) mass is 278 g/mol. The first-order valence-electron chi connectivity index (χ1n) is 8.44. The van der Waals surface area contributed by atoms with E-state index in [0.29, 0.717) is 0 Å². The predicted octanol–water partition coefficient (Wildman–Crippen LogP) is 4.65. The Balaban J connectivity index is 3.75. The van der Waals surface area contributed by atoms with Gasteiger partial charge in [-0.3, -0.25) is 0 Å². The molecule has 0 amide bonds. The Morgan fingerprint density at radius 2 is 1.25 bits per heavy atom. The lowest BCUT2D eigenvalue weighted by Gasteiger charge is -2.54. The Labute approximate surface area is 125 Å². The Bertz CT molecular complexity index is 413. The van der Waals surface area contributed by atoms with Gasteiger partial charge in [-0.15, -0.1) is 0 Å². The van der Waals surface area contributed by atoms with Gasteiger partial charge >= 0.3 is 0 Å². The molecule has 1 aliphatic carbocycles. The molecule has 20 heavy (non-hydrogen) atoms. The van der Waals surface area contributed by atoms with Gasteiger partial charge in [-0.25, -0.2) is 0 Å². The minimum Gasteiger partial charge on any atom is -0.398 e. The summed E-state index contributed by atoms with van der Waals surface area (Å²) < 4.78 is 0. The van der Waals surface area contributed by atoms with Crippen LogP contribution in [0.1, 0.15) is 80.1 Å². The zero-order valence-electron chi connectivity index (χ0n) is 14.4. The molecule has 0 heterocycles. The van der Waals surface area contributed by atoms with Gasteiger partial charge in [0, 0.05) is 16.7 Å². The van der Waals surface area contributed by atoms with E-state index in [-0.39, 0.29) is 11.0 Å². The average Bonchev–Trinajstić information content (AvgIpc) is 2.47. The molecule has 0 bridgehead atoms. The van der Waals surface area contributed by atoms with Gasteiger partial charge in [-0.2, -0.15) is 0 Å². The van der Waals surface area contributed by atoms with Crippen molar-refractivity contribution in [2.45, 2.75) is 85.6 Å². The highest BCUT2D eigenvalue weighted by Gasteiger charge is 2.52. The predicted molar refractivity (Wildman–Crippen MR) is 89.3 cm³/mol.